The van der Waals surface area contributed by atoms with Gasteiger partial charge in [0.15, 0.2) is 5.13 Å². The van der Waals surface area contributed by atoms with E-state index < -0.39 is 0 Å². The molecule has 5 nitrogen and oxygen atoms in total. The number of hydrogen-bond donors (Lipinski definition) is 2. The van der Waals surface area contributed by atoms with Crippen molar-refractivity contribution >= 4 is 39.2 Å². The number of aryl methyl sites for hydroxylation is 2. The van der Waals surface area contributed by atoms with Gasteiger partial charge in [0.1, 0.15) is 0 Å². The lowest BCUT2D eigenvalue weighted by atomic mass is 10.1. The summed E-state index contributed by atoms with van der Waals surface area (Å²) in [6.45, 7) is 4.06. The Morgan fingerprint density at radius 3 is 2.69 bits per heavy atom. The number of thiazole rings is 1. The third kappa shape index (κ3) is 3.95. The first kappa shape index (κ1) is 18.9. The highest BCUT2D eigenvalue weighted by Crippen LogP contribution is 2.28. The summed E-state index contributed by atoms with van der Waals surface area (Å²) in [5, 5.41) is 13.3. The Bertz CT molecular complexity index is 897. The highest BCUT2D eigenvalue weighted by Gasteiger charge is 2.15. The SMILES string of the molecule is CSCC[C@@H](CO)NC(=O)c1ccc2nc(-n3c(C)ccc3C)sc2c1. The summed E-state index contributed by atoms with van der Waals surface area (Å²) in [7, 11) is 0. The van der Waals surface area contributed by atoms with Crippen LogP contribution < -0.4 is 5.32 Å². The third-order valence-electron chi connectivity index (χ3n) is 4.33. The van der Waals surface area contributed by atoms with E-state index in [0.29, 0.717) is 5.56 Å². The molecule has 26 heavy (non-hydrogen) atoms. The van der Waals surface area contributed by atoms with E-state index in [9.17, 15) is 9.90 Å². The molecular formula is C19H23N3O2S2. The topological polar surface area (TPSA) is 67.2 Å². The van der Waals surface area contributed by atoms with Gasteiger partial charge in [-0.3, -0.25) is 9.36 Å². The van der Waals surface area contributed by atoms with Crippen molar-refractivity contribution < 1.29 is 9.90 Å². The van der Waals surface area contributed by atoms with E-state index in [0.717, 1.165) is 38.9 Å². The number of aliphatic hydroxyl groups is 1. The maximum Gasteiger partial charge on any atom is 0.251 e. The number of nitrogens with one attached hydrogen (secondary N) is 1. The first-order valence-corrected chi connectivity index (χ1v) is 10.7. The van der Waals surface area contributed by atoms with Gasteiger partial charge in [-0.05, 0) is 62.6 Å². The van der Waals surface area contributed by atoms with Crippen molar-refractivity contribution in [2.45, 2.75) is 26.3 Å². The number of rotatable bonds is 7. The Morgan fingerprint density at radius 1 is 1.31 bits per heavy atom. The number of amides is 1. The molecule has 0 aliphatic carbocycles. The molecule has 0 fully saturated rings. The van der Waals surface area contributed by atoms with E-state index in [-0.39, 0.29) is 18.6 Å². The Kier molecular flexibility index (Phi) is 6.01. The molecule has 0 saturated carbocycles. The summed E-state index contributed by atoms with van der Waals surface area (Å²) < 4.78 is 3.10. The zero-order valence-electron chi connectivity index (χ0n) is 15.2. The lowest BCUT2D eigenvalue weighted by Gasteiger charge is -2.15. The van der Waals surface area contributed by atoms with Crippen LogP contribution >= 0.6 is 23.1 Å². The minimum Gasteiger partial charge on any atom is -0.394 e. The number of thioether (sulfide) groups is 1. The molecule has 2 heterocycles. The van der Waals surface area contributed by atoms with Crippen LogP contribution in [-0.2, 0) is 0 Å². The van der Waals surface area contributed by atoms with E-state index in [4.69, 9.17) is 4.98 Å². The van der Waals surface area contributed by atoms with Crippen LogP contribution in [0.15, 0.2) is 30.3 Å². The lowest BCUT2D eigenvalue weighted by molar-refractivity contribution is 0.0915. The van der Waals surface area contributed by atoms with E-state index in [1.807, 2.05) is 18.4 Å². The van der Waals surface area contributed by atoms with Gasteiger partial charge in [0.05, 0.1) is 22.9 Å². The lowest BCUT2D eigenvalue weighted by Crippen LogP contribution is -2.37. The van der Waals surface area contributed by atoms with Crippen LogP contribution in [0.3, 0.4) is 0 Å². The molecule has 2 aromatic heterocycles. The van der Waals surface area contributed by atoms with Crippen molar-refractivity contribution in [3.8, 4) is 5.13 Å². The van der Waals surface area contributed by atoms with Gasteiger partial charge >= 0.3 is 0 Å². The van der Waals surface area contributed by atoms with Gasteiger partial charge in [0.2, 0.25) is 0 Å². The van der Waals surface area contributed by atoms with E-state index in [1.54, 1.807) is 29.2 Å². The molecule has 0 saturated heterocycles. The number of nitrogens with zero attached hydrogens (tertiary/aromatic N) is 2. The Balaban J connectivity index is 1.84. The number of aromatic nitrogens is 2. The molecule has 0 unspecified atom stereocenters. The summed E-state index contributed by atoms with van der Waals surface area (Å²) in [6, 6.07) is 9.48. The number of fused-ring (bicyclic) bond motifs is 1. The van der Waals surface area contributed by atoms with Crippen molar-refractivity contribution in [3.63, 3.8) is 0 Å². The number of hydrogen-bond acceptors (Lipinski definition) is 5. The molecule has 0 aliphatic heterocycles. The van der Waals surface area contributed by atoms with Crippen LogP contribution in [0.4, 0.5) is 0 Å². The number of carbonyl (C=O) groups is 1. The average Bonchev–Trinajstić information content (AvgIpc) is 3.19. The minimum absolute atomic E-state index is 0.0502. The molecule has 2 N–H and O–H groups in total. The molecule has 0 bridgehead atoms. The third-order valence-corrected chi connectivity index (χ3v) is 5.98. The second-order valence-electron chi connectivity index (χ2n) is 6.26. The second-order valence-corrected chi connectivity index (χ2v) is 8.26. The van der Waals surface area contributed by atoms with Crippen LogP contribution in [0.25, 0.3) is 15.3 Å². The molecule has 0 radical (unpaired) electrons. The van der Waals surface area contributed by atoms with E-state index in [2.05, 4.69) is 35.9 Å². The Morgan fingerprint density at radius 2 is 2.04 bits per heavy atom. The highest BCUT2D eigenvalue weighted by atomic mass is 32.2. The van der Waals surface area contributed by atoms with Gasteiger partial charge < -0.3 is 10.4 Å². The van der Waals surface area contributed by atoms with Gasteiger partial charge in [-0.1, -0.05) is 11.3 Å². The summed E-state index contributed by atoms with van der Waals surface area (Å²) >= 11 is 3.27. The first-order valence-electron chi connectivity index (χ1n) is 8.50. The van der Waals surface area contributed by atoms with E-state index >= 15 is 0 Å². The maximum atomic E-state index is 12.5. The molecule has 138 valence electrons. The molecule has 7 heteroatoms. The van der Waals surface area contributed by atoms with Gasteiger partial charge in [0, 0.05) is 17.0 Å². The van der Waals surface area contributed by atoms with Crippen molar-refractivity contribution in [2.24, 2.45) is 0 Å². The molecule has 0 aliphatic rings. The van der Waals surface area contributed by atoms with Crippen LogP contribution in [-0.4, -0.2) is 45.2 Å². The fourth-order valence-corrected chi connectivity index (χ4v) is 4.50. The quantitative estimate of drug-likeness (QED) is 0.648. The van der Waals surface area contributed by atoms with Crippen molar-refractivity contribution in [3.05, 3.63) is 47.3 Å². The number of carbonyl (C=O) groups excluding carboxylic acids is 1. The zero-order valence-corrected chi connectivity index (χ0v) is 16.8. The number of benzene rings is 1. The standard InChI is InChI=1S/C19H23N3O2S2/c1-12-4-5-13(2)22(12)19-21-16-7-6-14(10-17(16)26-19)18(24)20-15(11-23)8-9-25-3/h4-7,10,15,23H,8-9,11H2,1-3H3,(H,20,24)/t15-/m0/s1. The normalized spacial score (nSPS) is 12.5. The van der Waals surface area contributed by atoms with Gasteiger partial charge in [-0.2, -0.15) is 11.8 Å². The second kappa shape index (κ2) is 8.24. The monoisotopic (exact) mass is 389 g/mol. The van der Waals surface area contributed by atoms with Crippen LogP contribution in [0.1, 0.15) is 28.2 Å². The predicted octanol–water partition coefficient (Wildman–Crippen LogP) is 3.55. The fraction of sp³-hybridized carbons (Fsp3) is 0.368. The van der Waals surface area contributed by atoms with Crippen molar-refractivity contribution in [1.82, 2.24) is 14.9 Å². The molecule has 1 amide bonds. The summed E-state index contributed by atoms with van der Waals surface area (Å²) in [4.78, 5) is 17.2. The van der Waals surface area contributed by atoms with Crippen molar-refractivity contribution in [1.29, 1.82) is 0 Å². The maximum absolute atomic E-state index is 12.5. The van der Waals surface area contributed by atoms with Crippen molar-refractivity contribution in [2.75, 3.05) is 18.6 Å². The number of aliphatic hydroxyl groups excluding tert-OH is 1. The van der Waals surface area contributed by atoms with Crippen LogP contribution in [0, 0.1) is 13.8 Å². The first-order chi connectivity index (χ1) is 12.5. The molecule has 1 aromatic carbocycles. The van der Waals surface area contributed by atoms with Crippen LogP contribution in [0.5, 0.6) is 0 Å². The largest absolute Gasteiger partial charge is 0.394 e. The minimum atomic E-state index is -0.215. The molecule has 3 rings (SSSR count). The smallest absolute Gasteiger partial charge is 0.251 e. The fourth-order valence-electron chi connectivity index (χ4n) is 2.86. The van der Waals surface area contributed by atoms with Gasteiger partial charge in [-0.15, -0.1) is 0 Å². The zero-order chi connectivity index (χ0) is 18.7. The molecule has 0 spiro atoms. The summed E-state index contributed by atoms with van der Waals surface area (Å²) in [5.41, 5.74) is 3.75. The highest BCUT2D eigenvalue weighted by molar-refractivity contribution is 7.98. The predicted molar refractivity (Wildman–Crippen MR) is 110 cm³/mol. The van der Waals surface area contributed by atoms with Gasteiger partial charge in [0.25, 0.3) is 5.91 Å². The molecule has 3 aromatic rings. The van der Waals surface area contributed by atoms with Crippen LogP contribution in [0.2, 0.25) is 0 Å². The Hall–Kier alpha value is -1.83. The average molecular weight is 390 g/mol. The van der Waals surface area contributed by atoms with E-state index in [1.165, 1.54) is 0 Å². The Labute approximate surface area is 161 Å². The van der Waals surface area contributed by atoms with Gasteiger partial charge in [-0.25, -0.2) is 4.98 Å². The molecule has 1 atom stereocenters. The summed E-state index contributed by atoms with van der Waals surface area (Å²) in [6.07, 6.45) is 2.77. The summed E-state index contributed by atoms with van der Waals surface area (Å²) in [5.74, 6) is 0.744. The molecular weight excluding hydrogens is 366 g/mol.